The maximum absolute atomic E-state index is 8.87. The molecule has 18 heavy (non-hydrogen) atoms. The minimum atomic E-state index is 0.242. The molecule has 0 radical (unpaired) electrons. The van der Waals surface area contributed by atoms with Gasteiger partial charge in [-0.25, -0.2) is 4.98 Å². The van der Waals surface area contributed by atoms with E-state index in [1.807, 2.05) is 24.4 Å². The molecule has 0 saturated carbocycles. The highest BCUT2D eigenvalue weighted by Crippen LogP contribution is 2.28. The Morgan fingerprint density at radius 2 is 2.39 bits per heavy atom. The summed E-state index contributed by atoms with van der Waals surface area (Å²) in [5.74, 6) is 2.44. The maximum Gasteiger partial charge on any atom is 0.236 e. The van der Waals surface area contributed by atoms with Crippen LogP contribution >= 0.6 is 23.1 Å². The second-order valence-electron chi connectivity index (χ2n) is 4.13. The molecule has 3 nitrogen and oxygen atoms in total. The summed E-state index contributed by atoms with van der Waals surface area (Å²) in [5.41, 5.74) is 1.01. The minimum absolute atomic E-state index is 0.242. The third-order valence-electron chi connectivity index (χ3n) is 2.66. The number of aliphatic hydroxyl groups excluding tert-OH is 1. The average Bonchev–Trinajstić information content (AvgIpc) is 2.96. The van der Waals surface area contributed by atoms with E-state index in [4.69, 9.17) is 9.52 Å². The van der Waals surface area contributed by atoms with Crippen molar-refractivity contribution in [3.05, 3.63) is 29.0 Å². The van der Waals surface area contributed by atoms with Gasteiger partial charge in [-0.05, 0) is 24.8 Å². The quantitative estimate of drug-likeness (QED) is 0.877. The van der Waals surface area contributed by atoms with Crippen molar-refractivity contribution in [2.45, 2.75) is 31.3 Å². The van der Waals surface area contributed by atoms with Crippen LogP contribution in [0.2, 0.25) is 0 Å². The monoisotopic (exact) mass is 283 g/mol. The molecule has 0 saturated heterocycles. The minimum Gasteiger partial charge on any atom is -0.440 e. The first-order valence-corrected chi connectivity index (χ1v) is 7.86. The normalized spacial score (nSPS) is 12.8. The van der Waals surface area contributed by atoms with Crippen LogP contribution in [0.15, 0.2) is 21.9 Å². The van der Waals surface area contributed by atoms with Crippen molar-refractivity contribution in [2.75, 3.05) is 6.61 Å². The largest absolute Gasteiger partial charge is 0.440 e. The molecular formula is C13H17NO2S2. The van der Waals surface area contributed by atoms with E-state index in [2.05, 4.69) is 11.9 Å². The Labute approximate surface area is 115 Å². The van der Waals surface area contributed by atoms with E-state index in [0.717, 1.165) is 28.5 Å². The van der Waals surface area contributed by atoms with Crippen LogP contribution in [0.25, 0.3) is 10.8 Å². The standard InChI is InChI=1S/C13H17NO2S2/c1-9(5-6-15)18-8-11-10(2)16-13(14-11)12-4-3-7-17-12/h3-4,7,9,15H,5-6,8H2,1-2H3. The van der Waals surface area contributed by atoms with Crippen molar-refractivity contribution < 1.29 is 9.52 Å². The van der Waals surface area contributed by atoms with Crippen molar-refractivity contribution in [1.29, 1.82) is 0 Å². The number of aliphatic hydroxyl groups is 1. The van der Waals surface area contributed by atoms with E-state index >= 15 is 0 Å². The third kappa shape index (κ3) is 3.37. The van der Waals surface area contributed by atoms with Gasteiger partial charge in [-0.2, -0.15) is 11.8 Å². The van der Waals surface area contributed by atoms with Crippen LogP contribution in [0.5, 0.6) is 0 Å². The van der Waals surface area contributed by atoms with Crippen molar-refractivity contribution in [3.63, 3.8) is 0 Å². The average molecular weight is 283 g/mol. The molecular weight excluding hydrogens is 266 g/mol. The predicted molar refractivity (Wildman–Crippen MR) is 77.0 cm³/mol. The van der Waals surface area contributed by atoms with Gasteiger partial charge in [-0.15, -0.1) is 11.3 Å². The molecule has 0 aliphatic heterocycles. The zero-order chi connectivity index (χ0) is 13.0. The van der Waals surface area contributed by atoms with Gasteiger partial charge in [-0.1, -0.05) is 13.0 Å². The smallest absolute Gasteiger partial charge is 0.236 e. The molecule has 1 N–H and O–H groups in total. The summed E-state index contributed by atoms with van der Waals surface area (Å²) in [6.07, 6.45) is 0.819. The van der Waals surface area contributed by atoms with E-state index < -0.39 is 0 Å². The van der Waals surface area contributed by atoms with Crippen LogP contribution in [0.3, 0.4) is 0 Å². The van der Waals surface area contributed by atoms with Gasteiger partial charge in [0.1, 0.15) is 5.76 Å². The Kier molecular flexibility index (Phi) is 4.86. The molecule has 98 valence electrons. The SMILES string of the molecule is Cc1oc(-c2cccs2)nc1CSC(C)CCO. The number of thioether (sulfide) groups is 1. The summed E-state index contributed by atoms with van der Waals surface area (Å²) < 4.78 is 5.69. The first-order valence-electron chi connectivity index (χ1n) is 5.93. The van der Waals surface area contributed by atoms with Crippen LogP contribution in [-0.2, 0) is 5.75 Å². The number of nitrogens with zero attached hydrogens (tertiary/aromatic N) is 1. The van der Waals surface area contributed by atoms with Gasteiger partial charge in [-0.3, -0.25) is 0 Å². The molecule has 0 spiro atoms. The molecule has 0 amide bonds. The Balaban J connectivity index is 2.01. The molecule has 5 heteroatoms. The van der Waals surface area contributed by atoms with Crippen molar-refractivity contribution >= 4 is 23.1 Å². The van der Waals surface area contributed by atoms with Gasteiger partial charge in [0.2, 0.25) is 5.89 Å². The number of aromatic nitrogens is 1. The van der Waals surface area contributed by atoms with Crippen LogP contribution in [0.1, 0.15) is 24.8 Å². The van der Waals surface area contributed by atoms with Crippen molar-refractivity contribution in [2.24, 2.45) is 0 Å². The van der Waals surface area contributed by atoms with Crippen molar-refractivity contribution in [3.8, 4) is 10.8 Å². The fourth-order valence-electron chi connectivity index (χ4n) is 1.55. The van der Waals surface area contributed by atoms with Crippen LogP contribution in [0, 0.1) is 6.92 Å². The molecule has 2 heterocycles. The maximum atomic E-state index is 8.87. The second kappa shape index (κ2) is 6.41. The molecule has 0 aliphatic carbocycles. The number of hydrogen-bond donors (Lipinski definition) is 1. The van der Waals surface area contributed by atoms with Gasteiger partial charge in [0.15, 0.2) is 0 Å². The Bertz CT molecular complexity index is 479. The fraction of sp³-hybridized carbons (Fsp3) is 0.462. The number of thiophene rings is 1. The van der Waals surface area contributed by atoms with E-state index in [-0.39, 0.29) is 6.61 Å². The van der Waals surface area contributed by atoms with Crippen molar-refractivity contribution in [1.82, 2.24) is 4.98 Å². The van der Waals surface area contributed by atoms with Crippen LogP contribution in [-0.4, -0.2) is 21.9 Å². The number of oxazole rings is 1. The molecule has 0 aliphatic rings. The summed E-state index contributed by atoms with van der Waals surface area (Å²) in [5, 5.41) is 11.3. The number of rotatable bonds is 6. The topological polar surface area (TPSA) is 46.3 Å². The summed E-state index contributed by atoms with van der Waals surface area (Å²) in [7, 11) is 0. The second-order valence-corrected chi connectivity index (χ2v) is 6.51. The van der Waals surface area contributed by atoms with Gasteiger partial charge < -0.3 is 9.52 Å². The molecule has 0 aromatic carbocycles. The van der Waals surface area contributed by atoms with Gasteiger partial charge >= 0.3 is 0 Å². The Morgan fingerprint density at radius 3 is 3.06 bits per heavy atom. The molecule has 2 aromatic heterocycles. The molecule has 2 aromatic rings. The highest BCUT2D eigenvalue weighted by atomic mass is 32.2. The highest BCUT2D eigenvalue weighted by Gasteiger charge is 2.13. The third-order valence-corrected chi connectivity index (χ3v) is 4.77. The van der Waals surface area contributed by atoms with Crippen LogP contribution in [0.4, 0.5) is 0 Å². The number of hydrogen-bond acceptors (Lipinski definition) is 5. The van der Waals surface area contributed by atoms with Gasteiger partial charge in [0.25, 0.3) is 0 Å². The summed E-state index contributed by atoms with van der Waals surface area (Å²) in [6.45, 7) is 4.32. The Hall–Kier alpha value is -0.780. The first-order chi connectivity index (χ1) is 8.70. The van der Waals surface area contributed by atoms with Gasteiger partial charge in [0.05, 0.1) is 10.6 Å². The molecule has 0 bridgehead atoms. The summed E-state index contributed by atoms with van der Waals surface area (Å²) >= 11 is 3.43. The predicted octanol–water partition coefficient (Wildman–Crippen LogP) is 3.72. The van der Waals surface area contributed by atoms with Crippen LogP contribution < -0.4 is 0 Å². The lowest BCUT2D eigenvalue weighted by atomic mass is 10.3. The molecule has 2 rings (SSSR count). The molecule has 1 unspecified atom stereocenters. The highest BCUT2D eigenvalue weighted by molar-refractivity contribution is 7.99. The lowest BCUT2D eigenvalue weighted by Crippen LogP contribution is -2.00. The lowest BCUT2D eigenvalue weighted by Gasteiger charge is -2.07. The van der Waals surface area contributed by atoms with E-state index in [0.29, 0.717) is 11.1 Å². The number of aryl methyl sites for hydroxylation is 1. The van der Waals surface area contributed by atoms with E-state index in [1.54, 1.807) is 23.1 Å². The van der Waals surface area contributed by atoms with Gasteiger partial charge in [0, 0.05) is 17.6 Å². The Morgan fingerprint density at radius 1 is 1.56 bits per heavy atom. The first kappa shape index (κ1) is 13.6. The van der Waals surface area contributed by atoms with E-state index in [1.165, 1.54) is 0 Å². The molecule has 0 fully saturated rings. The lowest BCUT2D eigenvalue weighted by molar-refractivity contribution is 0.289. The molecule has 1 atom stereocenters. The summed E-state index contributed by atoms with van der Waals surface area (Å²) in [4.78, 5) is 5.61. The fourth-order valence-corrected chi connectivity index (χ4v) is 3.19. The summed E-state index contributed by atoms with van der Waals surface area (Å²) in [6, 6.07) is 4.01. The van der Waals surface area contributed by atoms with E-state index in [9.17, 15) is 0 Å². The zero-order valence-electron chi connectivity index (χ0n) is 10.5. The zero-order valence-corrected chi connectivity index (χ0v) is 12.2.